The van der Waals surface area contributed by atoms with Crippen molar-refractivity contribution in [1.29, 1.82) is 0 Å². The fourth-order valence-corrected chi connectivity index (χ4v) is 2.76. The summed E-state index contributed by atoms with van der Waals surface area (Å²) in [6.45, 7) is 3.80. The van der Waals surface area contributed by atoms with E-state index >= 15 is 0 Å². The SMILES string of the molecule is Cc1cc(C)nc(Nc2ccc(NC(=O)CCC(=O)Nc3ccc(F)cc3)cc2)n1. The Morgan fingerprint density at radius 3 is 1.70 bits per heavy atom. The molecule has 0 aliphatic rings. The molecular formula is C22H22FN5O2. The van der Waals surface area contributed by atoms with Crippen LogP contribution in [0.5, 0.6) is 0 Å². The maximum absolute atomic E-state index is 12.9. The minimum atomic E-state index is -0.380. The third-order valence-electron chi connectivity index (χ3n) is 4.11. The molecule has 3 N–H and O–H groups in total. The highest BCUT2D eigenvalue weighted by atomic mass is 19.1. The van der Waals surface area contributed by atoms with E-state index in [4.69, 9.17) is 0 Å². The van der Waals surface area contributed by atoms with E-state index < -0.39 is 0 Å². The number of nitrogens with zero attached hydrogens (tertiary/aromatic N) is 2. The molecule has 0 spiro atoms. The van der Waals surface area contributed by atoms with E-state index in [2.05, 4.69) is 25.9 Å². The number of amides is 2. The number of hydrogen-bond acceptors (Lipinski definition) is 5. The molecule has 0 unspecified atom stereocenters. The lowest BCUT2D eigenvalue weighted by molar-refractivity contribution is -0.121. The number of carbonyl (C=O) groups excluding carboxylic acids is 2. The van der Waals surface area contributed by atoms with Crippen molar-refractivity contribution in [3.05, 3.63) is 71.8 Å². The number of anilines is 4. The Hall–Kier alpha value is -3.81. The predicted molar refractivity (Wildman–Crippen MR) is 114 cm³/mol. The van der Waals surface area contributed by atoms with Crippen molar-refractivity contribution in [2.75, 3.05) is 16.0 Å². The highest BCUT2D eigenvalue weighted by Gasteiger charge is 2.08. The summed E-state index contributed by atoms with van der Waals surface area (Å²) < 4.78 is 12.9. The monoisotopic (exact) mass is 407 g/mol. The molecule has 154 valence electrons. The lowest BCUT2D eigenvalue weighted by Crippen LogP contribution is -2.17. The van der Waals surface area contributed by atoms with E-state index in [1.165, 1.54) is 24.3 Å². The maximum atomic E-state index is 12.9. The lowest BCUT2D eigenvalue weighted by Gasteiger charge is -2.09. The zero-order chi connectivity index (χ0) is 21.5. The molecule has 0 aliphatic carbocycles. The van der Waals surface area contributed by atoms with Crippen molar-refractivity contribution >= 4 is 34.8 Å². The fraction of sp³-hybridized carbons (Fsp3) is 0.182. The Labute approximate surface area is 173 Å². The van der Waals surface area contributed by atoms with Gasteiger partial charge in [0, 0.05) is 41.3 Å². The molecule has 0 saturated heterocycles. The van der Waals surface area contributed by atoms with E-state index in [-0.39, 0.29) is 30.5 Å². The summed E-state index contributed by atoms with van der Waals surface area (Å²) in [7, 11) is 0. The number of aryl methyl sites for hydroxylation is 2. The van der Waals surface area contributed by atoms with Gasteiger partial charge in [0.15, 0.2) is 0 Å². The lowest BCUT2D eigenvalue weighted by atomic mass is 10.2. The summed E-state index contributed by atoms with van der Waals surface area (Å²) in [5.74, 6) is -0.459. The van der Waals surface area contributed by atoms with Crippen LogP contribution in [0.25, 0.3) is 0 Å². The average molecular weight is 407 g/mol. The van der Waals surface area contributed by atoms with Gasteiger partial charge in [-0.1, -0.05) is 0 Å². The molecule has 0 fully saturated rings. The summed E-state index contributed by atoms with van der Waals surface area (Å²) in [5.41, 5.74) is 3.63. The molecule has 0 atom stereocenters. The van der Waals surface area contributed by atoms with Crippen molar-refractivity contribution < 1.29 is 14.0 Å². The molecule has 2 aromatic carbocycles. The summed E-state index contributed by atoms with van der Waals surface area (Å²) in [5, 5.41) is 8.49. The Bertz CT molecular complexity index is 1020. The number of aromatic nitrogens is 2. The highest BCUT2D eigenvalue weighted by Crippen LogP contribution is 2.17. The second-order valence-electron chi connectivity index (χ2n) is 6.78. The Kier molecular flexibility index (Phi) is 6.69. The standard InChI is InChI=1S/C22H22FN5O2/c1-14-13-15(2)25-22(24-14)28-19-9-7-18(8-10-19)27-21(30)12-11-20(29)26-17-5-3-16(23)4-6-17/h3-10,13H,11-12H2,1-2H3,(H,26,29)(H,27,30)(H,24,25,28). The van der Waals surface area contributed by atoms with Gasteiger partial charge in [-0.05, 0) is 68.4 Å². The summed E-state index contributed by atoms with van der Waals surface area (Å²) in [6.07, 6.45) is 0.0519. The van der Waals surface area contributed by atoms with Gasteiger partial charge in [0.25, 0.3) is 0 Å². The molecule has 8 heteroatoms. The summed E-state index contributed by atoms with van der Waals surface area (Å²) >= 11 is 0. The number of hydrogen-bond donors (Lipinski definition) is 3. The minimum Gasteiger partial charge on any atom is -0.326 e. The number of rotatable bonds is 7. The van der Waals surface area contributed by atoms with Crippen LogP contribution in [0.4, 0.5) is 27.4 Å². The maximum Gasteiger partial charge on any atom is 0.227 e. The Morgan fingerprint density at radius 2 is 1.20 bits per heavy atom. The minimum absolute atomic E-state index is 0.0207. The molecule has 2 amide bonds. The summed E-state index contributed by atoms with van der Waals surface area (Å²) in [4.78, 5) is 32.7. The van der Waals surface area contributed by atoms with E-state index in [9.17, 15) is 14.0 Å². The third-order valence-corrected chi connectivity index (χ3v) is 4.11. The van der Waals surface area contributed by atoms with Crippen LogP contribution in [0, 0.1) is 19.7 Å². The van der Waals surface area contributed by atoms with Crippen LogP contribution in [-0.4, -0.2) is 21.8 Å². The first-order chi connectivity index (χ1) is 14.4. The van der Waals surface area contributed by atoms with Gasteiger partial charge in [-0.2, -0.15) is 0 Å². The third kappa shape index (κ3) is 6.37. The molecule has 30 heavy (non-hydrogen) atoms. The van der Waals surface area contributed by atoms with E-state index in [0.29, 0.717) is 17.3 Å². The predicted octanol–water partition coefficient (Wildman–Crippen LogP) is 4.33. The van der Waals surface area contributed by atoms with Gasteiger partial charge >= 0.3 is 0 Å². The fourth-order valence-electron chi connectivity index (χ4n) is 2.76. The Balaban J connectivity index is 1.47. The van der Waals surface area contributed by atoms with Gasteiger partial charge in [-0.3, -0.25) is 9.59 Å². The Morgan fingerprint density at radius 1 is 0.767 bits per heavy atom. The molecule has 3 aromatic rings. The molecular weight excluding hydrogens is 385 g/mol. The smallest absolute Gasteiger partial charge is 0.227 e. The van der Waals surface area contributed by atoms with Gasteiger partial charge in [0.2, 0.25) is 17.8 Å². The van der Waals surface area contributed by atoms with Gasteiger partial charge in [-0.25, -0.2) is 14.4 Å². The number of halogens is 1. The van der Waals surface area contributed by atoms with Crippen molar-refractivity contribution in [3.63, 3.8) is 0 Å². The van der Waals surface area contributed by atoms with E-state index in [1.54, 1.807) is 24.3 Å². The second kappa shape index (κ2) is 9.60. The molecule has 1 heterocycles. The zero-order valence-corrected chi connectivity index (χ0v) is 16.7. The first-order valence-corrected chi connectivity index (χ1v) is 9.42. The first-order valence-electron chi connectivity index (χ1n) is 9.42. The molecule has 0 bridgehead atoms. The van der Waals surface area contributed by atoms with E-state index in [1.807, 2.05) is 19.9 Å². The van der Waals surface area contributed by atoms with Crippen molar-refractivity contribution in [2.24, 2.45) is 0 Å². The average Bonchev–Trinajstić information content (AvgIpc) is 2.69. The van der Waals surface area contributed by atoms with Crippen molar-refractivity contribution in [1.82, 2.24) is 9.97 Å². The van der Waals surface area contributed by atoms with Gasteiger partial charge in [0.05, 0.1) is 0 Å². The quantitative estimate of drug-likeness (QED) is 0.542. The van der Waals surface area contributed by atoms with Crippen LogP contribution in [0.15, 0.2) is 54.6 Å². The molecule has 0 aliphatic heterocycles. The molecule has 0 saturated carbocycles. The number of nitrogens with one attached hydrogen (secondary N) is 3. The second-order valence-corrected chi connectivity index (χ2v) is 6.78. The normalized spacial score (nSPS) is 10.4. The number of carbonyl (C=O) groups is 2. The highest BCUT2D eigenvalue weighted by molar-refractivity contribution is 5.96. The molecule has 0 radical (unpaired) electrons. The zero-order valence-electron chi connectivity index (χ0n) is 16.7. The van der Waals surface area contributed by atoms with Crippen LogP contribution < -0.4 is 16.0 Å². The van der Waals surface area contributed by atoms with Crippen LogP contribution in [0.3, 0.4) is 0 Å². The molecule has 1 aromatic heterocycles. The first kappa shape index (κ1) is 20.9. The summed E-state index contributed by atoms with van der Waals surface area (Å²) in [6, 6.07) is 14.4. The van der Waals surface area contributed by atoms with Gasteiger partial charge in [0.1, 0.15) is 5.82 Å². The van der Waals surface area contributed by atoms with Crippen LogP contribution in [0.1, 0.15) is 24.2 Å². The van der Waals surface area contributed by atoms with Crippen LogP contribution in [0.2, 0.25) is 0 Å². The topological polar surface area (TPSA) is 96.0 Å². The van der Waals surface area contributed by atoms with Crippen LogP contribution in [-0.2, 0) is 9.59 Å². The number of benzene rings is 2. The van der Waals surface area contributed by atoms with Gasteiger partial charge < -0.3 is 16.0 Å². The van der Waals surface area contributed by atoms with Crippen molar-refractivity contribution in [2.45, 2.75) is 26.7 Å². The van der Waals surface area contributed by atoms with Gasteiger partial charge in [-0.15, -0.1) is 0 Å². The van der Waals surface area contributed by atoms with E-state index in [0.717, 1.165) is 17.1 Å². The molecule has 3 rings (SSSR count). The van der Waals surface area contributed by atoms with Crippen LogP contribution >= 0.6 is 0 Å². The largest absolute Gasteiger partial charge is 0.326 e. The van der Waals surface area contributed by atoms with Crippen molar-refractivity contribution in [3.8, 4) is 0 Å². The molecule has 7 nitrogen and oxygen atoms in total.